The molecule has 4 aliphatic heterocycles. The lowest BCUT2D eigenvalue weighted by molar-refractivity contribution is 0.0420. The maximum absolute atomic E-state index is 13.6. The van der Waals surface area contributed by atoms with Crippen molar-refractivity contribution in [1.29, 1.82) is 0 Å². The Kier molecular flexibility index (Phi) is 12.6. The van der Waals surface area contributed by atoms with Gasteiger partial charge in [-0.2, -0.15) is 0 Å². The Labute approximate surface area is 325 Å². The van der Waals surface area contributed by atoms with Gasteiger partial charge in [0.1, 0.15) is 16.7 Å². The van der Waals surface area contributed by atoms with Crippen LogP contribution in [0.1, 0.15) is 93.1 Å². The summed E-state index contributed by atoms with van der Waals surface area (Å²) in [6.07, 6.45) is 16.8. The maximum Gasteiger partial charge on any atom is 0.263 e. The smallest absolute Gasteiger partial charge is 0.263 e. The van der Waals surface area contributed by atoms with Crippen molar-refractivity contribution in [3.05, 3.63) is 70.3 Å². The number of nitrogens with zero attached hydrogens (tertiary/aromatic N) is 3. The highest BCUT2D eigenvalue weighted by Gasteiger charge is 2.44. The lowest BCUT2D eigenvalue weighted by Gasteiger charge is -2.47. The largest absolute Gasteiger partial charge is 0.490 e. The van der Waals surface area contributed by atoms with Gasteiger partial charge >= 0.3 is 0 Å². The first-order valence-electron chi connectivity index (χ1n) is 20.4. The van der Waals surface area contributed by atoms with Crippen LogP contribution in [0.15, 0.2) is 48.6 Å². The van der Waals surface area contributed by atoms with Crippen LogP contribution < -0.4 is 14.4 Å². The Morgan fingerprint density at radius 1 is 1.02 bits per heavy atom. The van der Waals surface area contributed by atoms with E-state index >= 15 is 0 Å². The van der Waals surface area contributed by atoms with Gasteiger partial charge in [-0.05, 0) is 143 Å². The summed E-state index contributed by atoms with van der Waals surface area (Å²) in [7, 11) is -0.489. The Morgan fingerprint density at radius 3 is 2.72 bits per heavy atom. The highest BCUT2D eigenvalue weighted by molar-refractivity contribution is 7.84. The first-order valence-corrected chi connectivity index (χ1v) is 22.0. The molecule has 2 bridgehead atoms. The van der Waals surface area contributed by atoms with Crippen molar-refractivity contribution in [2.45, 2.75) is 94.8 Å². The summed E-state index contributed by atoms with van der Waals surface area (Å²) >= 11 is 6.51. The van der Waals surface area contributed by atoms with E-state index in [0.717, 1.165) is 74.9 Å². The molecule has 2 aromatic rings. The zero-order chi connectivity index (χ0) is 37.1. The zero-order valence-corrected chi connectivity index (χ0v) is 33.7. The summed E-state index contributed by atoms with van der Waals surface area (Å²) < 4.78 is 23.1. The molecule has 8 nitrogen and oxygen atoms in total. The minimum absolute atomic E-state index is 0.159. The molecule has 7 unspecified atom stereocenters. The van der Waals surface area contributed by atoms with E-state index in [2.05, 4.69) is 50.6 Å². The van der Waals surface area contributed by atoms with Gasteiger partial charge in [0.25, 0.3) is 5.91 Å². The number of carbonyl (C=O) groups excluding carboxylic acids is 1. The van der Waals surface area contributed by atoms with E-state index in [0.29, 0.717) is 29.9 Å². The number of nitrogens with one attached hydrogen (secondary N) is 1. The SMILES string of the molecule is CC1C/C=C/C(CCN2CCN3CCCCC3C2)C2CCC2CN2C[C@@]3(CCCc4cc(Cl)ccc43)COc3ccc(cc32)C(=O)NS(=O)C1C.CO. The zero-order valence-electron chi connectivity index (χ0n) is 32.1. The summed E-state index contributed by atoms with van der Waals surface area (Å²) in [6.45, 7) is 12.6. The van der Waals surface area contributed by atoms with E-state index in [1.807, 2.05) is 31.2 Å². The van der Waals surface area contributed by atoms with E-state index in [1.165, 1.54) is 75.8 Å². The molecule has 1 amide bonds. The number of hydrogen-bond acceptors (Lipinski definition) is 7. The van der Waals surface area contributed by atoms with Crippen LogP contribution in [0.3, 0.4) is 0 Å². The second-order valence-corrected chi connectivity index (χ2v) is 18.8. The predicted octanol–water partition coefficient (Wildman–Crippen LogP) is 7.00. The van der Waals surface area contributed by atoms with E-state index < -0.39 is 11.0 Å². The molecule has 2 saturated heterocycles. The summed E-state index contributed by atoms with van der Waals surface area (Å²) in [5.41, 5.74) is 4.06. The average molecular weight is 766 g/mol. The molecule has 8 atom stereocenters. The van der Waals surface area contributed by atoms with Crippen molar-refractivity contribution < 1.29 is 18.8 Å². The van der Waals surface area contributed by atoms with Crippen LogP contribution in [0.2, 0.25) is 5.02 Å². The third-order valence-corrected chi connectivity index (χ3v) is 15.5. The number of rotatable bonds is 3. The fourth-order valence-corrected chi connectivity index (χ4v) is 11.5. The number of carbonyl (C=O) groups is 1. The van der Waals surface area contributed by atoms with Crippen molar-refractivity contribution in [3.8, 4) is 5.75 Å². The second kappa shape index (κ2) is 17.2. The number of piperidine rings is 1. The van der Waals surface area contributed by atoms with Crippen molar-refractivity contribution in [1.82, 2.24) is 14.5 Å². The van der Waals surface area contributed by atoms with Crippen LogP contribution in [0, 0.1) is 23.7 Å². The van der Waals surface area contributed by atoms with Gasteiger partial charge in [-0.15, -0.1) is 0 Å². The monoisotopic (exact) mass is 764 g/mol. The fourth-order valence-electron chi connectivity index (χ4n) is 10.2. The van der Waals surface area contributed by atoms with E-state index in [4.69, 9.17) is 21.4 Å². The molecule has 2 aromatic carbocycles. The number of benzene rings is 2. The lowest BCUT2D eigenvalue weighted by atomic mass is 9.65. The number of amides is 1. The average Bonchev–Trinajstić information content (AvgIpc) is 3.31. The third-order valence-electron chi connectivity index (χ3n) is 13.7. The molecule has 2 N–H and O–H groups in total. The number of anilines is 1. The lowest BCUT2D eigenvalue weighted by Crippen LogP contribution is -2.55. The molecule has 2 aliphatic carbocycles. The molecule has 0 radical (unpaired) electrons. The van der Waals surface area contributed by atoms with E-state index in [1.54, 1.807) is 0 Å². The molecule has 0 aromatic heterocycles. The van der Waals surface area contributed by atoms with Crippen molar-refractivity contribution >= 4 is 34.2 Å². The van der Waals surface area contributed by atoms with Crippen molar-refractivity contribution in [2.24, 2.45) is 23.7 Å². The van der Waals surface area contributed by atoms with Gasteiger partial charge in [0.05, 0.1) is 17.5 Å². The van der Waals surface area contributed by atoms with Gasteiger partial charge in [-0.3, -0.25) is 14.4 Å². The summed E-state index contributed by atoms with van der Waals surface area (Å²) in [5, 5.41) is 7.64. The molecule has 4 heterocycles. The Hall–Kier alpha value is -2.43. The number of piperazine rings is 1. The van der Waals surface area contributed by atoms with Crippen LogP contribution in [0.4, 0.5) is 5.69 Å². The first-order chi connectivity index (χ1) is 25.8. The molecule has 1 spiro atoms. The molecule has 290 valence electrons. The quantitative estimate of drug-likeness (QED) is 0.326. The third kappa shape index (κ3) is 8.40. The highest BCUT2D eigenvalue weighted by Crippen LogP contribution is 2.48. The van der Waals surface area contributed by atoms with E-state index in [9.17, 15) is 9.00 Å². The molecule has 8 rings (SSSR count). The molecule has 3 fully saturated rings. The normalized spacial score (nSPS) is 34.1. The Balaban J connectivity index is 0.00000214. The highest BCUT2D eigenvalue weighted by atomic mass is 35.5. The van der Waals surface area contributed by atoms with Crippen molar-refractivity contribution in [2.75, 3.05) is 64.4 Å². The molecule has 6 aliphatic rings. The van der Waals surface area contributed by atoms with Crippen LogP contribution in [0.5, 0.6) is 5.75 Å². The van der Waals surface area contributed by atoms with Crippen LogP contribution in [-0.4, -0.2) is 95.8 Å². The number of hydrogen-bond donors (Lipinski definition) is 2. The molecule has 1 saturated carbocycles. The van der Waals surface area contributed by atoms with Gasteiger partial charge in [0.15, 0.2) is 0 Å². The Morgan fingerprint density at radius 2 is 1.89 bits per heavy atom. The molecule has 10 heteroatoms. The summed E-state index contributed by atoms with van der Waals surface area (Å²) in [5.74, 6) is 2.45. The predicted molar refractivity (Wildman–Crippen MR) is 216 cm³/mol. The second-order valence-electron chi connectivity index (χ2n) is 16.8. The Bertz CT molecular complexity index is 1660. The van der Waals surface area contributed by atoms with Gasteiger partial charge in [0, 0.05) is 61.9 Å². The van der Waals surface area contributed by atoms with E-state index in [-0.39, 0.29) is 22.5 Å². The number of halogens is 1. The number of aryl methyl sites for hydroxylation is 1. The molecular formula is C43H61ClN4O4S. The van der Waals surface area contributed by atoms with Gasteiger partial charge in [-0.1, -0.05) is 43.2 Å². The van der Waals surface area contributed by atoms with Crippen LogP contribution >= 0.6 is 11.6 Å². The van der Waals surface area contributed by atoms with Gasteiger partial charge in [0.2, 0.25) is 0 Å². The minimum Gasteiger partial charge on any atom is -0.490 e. The fraction of sp³-hybridized carbons (Fsp3) is 0.651. The number of ether oxygens (including phenoxy) is 1. The molecule has 53 heavy (non-hydrogen) atoms. The van der Waals surface area contributed by atoms with Crippen LogP contribution in [0.25, 0.3) is 0 Å². The van der Waals surface area contributed by atoms with Gasteiger partial charge in [-0.25, -0.2) is 4.21 Å². The maximum atomic E-state index is 13.6. The standard InChI is InChI=1S/C42H57ClN4O3S.CH4O/c1-29-7-5-8-31(17-20-45-21-22-46-19-4-3-10-36(46)26-45)37-14-11-34(37)25-47-27-42(18-6-9-32-23-35(43)13-15-38(32)42)28-50-40-16-12-33(24-39(40)47)41(48)44-51(49)30(29)2;1-2/h5,8,12-13,15-16,23-24,29-31,34,36-37H,3-4,6-7,9-11,14,17-22,25-28H2,1-2H3,(H,44,48);2H,1H3/b8-5+;/t29?,30?,31?,34?,36?,37?,42-,51?;/m0./s1. The van der Waals surface area contributed by atoms with Crippen molar-refractivity contribution in [3.63, 3.8) is 0 Å². The van der Waals surface area contributed by atoms with Gasteiger partial charge < -0.3 is 19.6 Å². The number of fused-ring (bicyclic) bond motifs is 5. The topological polar surface area (TPSA) is 85.4 Å². The summed E-state index contributed by atoms with van der Waals surface area (Å²) in [4.78, 5) is 21.6. The minimum atomic E-state index is -1.49. The number of aliphatic hydroxyl groups is 1. The summed E-state index contributed by atoms with van der Waals surface area (Å²) in [6, 6.07) is 13.0. The molecular weight excluding hydrogens is 704 g/mol. The number of allylic oxidation sites excluding steroid dienone is 2. The van der Waals surface area contributed by atoms with Crippen LogP contribution in [-0.2, 0) is 22.8 Å². The first kappa shape index (κ1) is 38.8. The number of aliphatic hydroxyl groups excluding tert-OH is 1.